The van der Waals surface area contributed by atoms with Gasteiger partial charge in [-0.2, -0.15) is 0 Å². The first-order valence-electron chi connectivity index (χ1n) is 9.28. The molecule has 2 aromatic carbocycles. The van der Waals surface area contributed by atoms with Gasteiger partial charge < -0.3 is 9.80 Å². The average Bonchev–Trinajstić information content (AvgIpc) is 3.00. The van der Waals surface area contributed by atoms with Gasteiger partial charge in [0.1, 0.15) is 0 Å². The summed E-state index contributed by atoms with van der Waals surface area (Å²) < 4.78 is 2.63. The fourth-order valence-electron chi connectivity index (χ4n) is 3.15. The first-order chi connectivity index (χ1) is 12.8. The van der Waals surface area contributed by atoms with Crippen LogP contribution in [0.3, 0.4) is 0 Å². The number of amidine groups is 2. The summed E-state index contributed by atoms with van der Waals surface area (Å²) in [5, 5.41) is 18.6. The van der Waals surface area contributed by atoms with Crippen molar-refractivity contribution in [1.29, 1.82) is 10.8 Å². The number of nitrogens with zero attached hydrogens (tertiary/aromatic N) is 2. The van der Waals surface area contributed by atoms with Gasteiger partial charge in [-0.1, -0.05) is 24.3 Å². The number of hydrogen-bond donors (Lipinski definition) is 2. The molecule has 0 aliphatic heterocycles. The lowest BCUT2D eigenvalue weighted by atomic mass is 10.0. The van der Waals surface area contributed by atoms with Crippen molar-refractivity contribution in [1.82, 2.24) is 9.80 Å². The van der Waals surface area contributed by atoms with Crippen molar-refractivity contribution in [2.45, 2.75) is 25.7 Å². The van der Waals surface area contributed by atoms with E-state index in [-0.39, 0.29) is 0 Å². The van der Waals surface area contributed by atoms with Crippen LogP contribution >= 0.6 is 11.3 Å². The molecule has 0 saturated heterocycles. The molecule has 0 radical (unpaired) electrons. The molecule has 0 fully saturated rings. The number of nitrogens with one attached hydrogen (secondary N) is 2. The zero-order valence-electron chi connectivity index (χ0n) is 16.6. The van der Waals surface area contributed by atoms with Crippen LogP contribution in [-0.2, 0) is 12.8 Å². The van der Waals surface area contributed by atoms with Crippen LogP contribution in [0.4, 0.5) is 0 Å². The molecule has 0 amide bonds. The Labute approximate surface area is 165 Å². The molecule has 0 aliphatic rings. The Morgan fingerprint density at radius 3 is 1.52 bits per heavy atom. The highest BCUT2D eigenvalue weighted by Gasteiger charge is 2.09. The molecule has 0 atom stereocenters. The highest BCUT2D eigenvalue weighted by Crippen LogP contribution is 2.35. The molecule has 1 heterocycles. The number of fused-ring (bicyclic) bond motifs is 3. The van der Waals surface area contributed by atoms with Crippen molar-refractivity contribution in [3.05, 3.63) is 47.5 Å². The van der Waals surface area contributed by atoms with Crippen LogP contribution in [0.15, 0.2) is 36.4 Å². The van der Waals surface area contributed by atoms with Crippen LogP contribution in [-0.4, -0.2) is 49.7 Å². The molecule has 3 aromatic rings. The van der Waals surface area contributed by atoms with Gasteiger partial charge in [0.15, 0.2) is 0 Å². The molecular weight excluding hydrogens is 352 g/mol. The van der Waals surface area contributed by atoms with Crippen LogP contribution in [0.2, 0.25) is 0 Å². The maximum atomic E-state index is 7.97. The minimum absolute atomic E-state index is 0.666. The van der Waals surface area contributed by atoms with Gasteiger partial charge in [0, 0.05) is 61.2 Å². The molecule has 0 saturated carbocycles. The average molecular weight is 381 g/mol. The Morgan fingerprint density at radius 1 is 0.741 bits per heavy atom. The van der Waals surface area contributed by atoms with E-state index in [2.05, 4.69) is 36.4 Å². The maximum Gasteiger partial charge on any atom is 0.0955 e. The summed E-state index contributed by atoms with van der Waals surface area (Å²) in [7, 11) is 7.70. The lowest BCUT2D eigenvalue weighted by Gasteiger charge is -2.13. The first-order valence-corrected chi connectivity index (χ1v) is 10.1. The van der Waals surface area contributed by atoms with Crippen LogP contribution in [0, 0.1) is 10.8 Å². The van der Waals surface area contributed by atoms with Gasteiger partial charge in [0.2, 0.25) is 0 Å². The monoisotopic (exact) mass is 380 g/mol. The van der Waals surface area contributed by atoms with Gasteiger partial charge in [-0.05, 0) is 36.1 Å². The molecule has 4 nitrogen and oxygen atoms in total. The van der Waals surface area contributed by atoms with Crippen LogP contribution in [0.1, 0.15) is 24.0 Å². The molecule has 3 rings (SSSR count). The van der Waals surface area contributed by atoms with Gasteiger partial charge in [-0.3, -0.25) is 10.8 Å². The van der Waals surface area contributed by atoms with Crippen LogP contribution in [0.25, 0.3) is 20.2 Å². The Morgan fingerprint density at radius 2 is 1.15 bits per heavy atom. The van der Waals surface area contributed by atoms with Crippen LogP contribution in [0.5, 0.6) is 0 Å². The molecule has 5 heteroatoms. The van der Waals surface area contributed by atoms with Crippen molar-refractivity contribution in [2.24, 2.45) is 0 Å². The molecule has 0 spiro atoms. The standard InChI is InChI=1S/C22H28N4S/c1-25(2)21(23)11-7-15-5-9-17-18-10-6-16(8-12-22(24)26(3)4)14-20(18)27-19(17)13-15/h5-6,9-10,13-14,23-24H,7-8,11-12H2,1-4H3. The fraction of sp³-hybridized carbons (Fsp3) is 0.364. The first kappa shape index (κ1) is 19.4. The molecule has 142 valence electrons. The van der Waals surface area contributed by atoms with Crippen molar-refractivity contribution >= 4 is 43.2 Å². The minimum Gasteiger partial charge on any atom is -0.367 e. The van der Waals surface area contributed by atoms with E-state index in [0.29, 0.717) is 11.7 Å². The van der Waals surface area contributed by atoms with Gasteiger partial charge in [0.25, 0.3) is 0 Å². The summed E-state index contributed by atoms with van der Waals surface area (Å²) in [4.78, 5) is 3.74. The van der Waals surface area contributed by atoms with E-state index in [9.17, 15) is 0 Å². The largest absolute Gasteiger partial charge is 0.367 e. The second kappa shape index (κ2) is 8.09. The van der Waals surface area contributed by atoms with E-state index in [0.717, 1.165) is 25.7 Å². The van der Waals surface area contributed by atoms with Gasteiger partial charge >= 0.3 is 0 Å². The topological polar surface area (TPSA) is 54.2 Å². The number of thiophene rings is 1. The second-order valence-corrected chi connectivity index (χ2v) is 8.53. The summed E-state index contributed by atoms with van der Waals surface area (Å²) in [6.07, 6.45) is 3.34. The molecule has 2 N–H and O–H groups in total. The summed E-state index contributed by atoms with van der Waals surface area (Å²) >= 11 is 1.84. The Balaban J connectivity index is 1.80. The molecule has 1 aromatic heterocycles. The van der Waals surface area contributed by atoms with Gasteiger partial charge in [0.05, 0.1) is 11.7 Å². The van der Waals surface area contributed by atoms with Crippen molar-refractivity contribution in [3.63, 3.8) is 0 Å². The molecule has 0 aliphatic carbocycles. The zero-order valence-corrected chi connectivity index (χ0v) is 17.4. The quantitative estimate of drug-likeness (QED) is 0.467. The Bertz CT molecular complexity index is 906. The third kappa shape index (κ3) is 4.48. The van der Waals surface area contributed by atoms with E-state index in [1.807, 2.05) is 49.3 Å². The van der Waals surface area contributed by atoms with Crippen LogP contribution < -0.4 is 0 Å². The molecular formula is C22H28N4S. The third-order valence-corrected chi connectivity index (χ3v) is 6.10. The molecule has 0 bridgehead atoms. The highest BCUT2D eigenvalue weighted by molar-refractivity contribution is 7.25. The molecule has 0 unspecified atom stereocenters. The van der Waals surface area contributed by atoms with E-state index in [1.165, 1.54) is 31.3 Å². The number of rotatable bonds is 6. The lowest BCUT2D eigenvalue weighted by Crippen LogP contribution is -2.21. The lowest BCUT2D eigenvalue weighted by molar-refractivity contribution is 0.597. The normalized spacial score (nSPS) is 11.1. The van der Waals surface area contributed by atoms with Gasteiger partial charge in [-0.15, -0.1) is 11.3 Å². The van der Waals surface area contributed by atoms with E-state index in [1.54, 1.807) is 0 Å². The summed E-state index contributed by atoms with van der Waals surface area (Å²) in [6, 6.07) is 13.4. The van der Waals surface area contributed by atoms with E-state index >= 15 is 0 Å². The highest BCUT2D eigenvalue weighted by atomic mass is 32.1. The summed E-state index contributed by atoms with van der Waals surface area (Å²) in [6.45, 7) is 0. The maximum absolute atomic E-state index is 7.97. The predicted octanol–water partition coefficient (Wildman–Crippen LogP) is 5.00. The van der Waals surface area contributed by atoms with Crippen molar-refractivity contribution in [2.75, 3.05) is 28.2 Å². The second-order valence-electron chi connectivity index (χ2n) is 7.45. The third-order valence-electron chi connectivity index (χ3n) is 4.98. The van der Waals surface area contributed by atoms with Gasteiger partial charge in [-0.25, -0.2) is 0 Å². The predicted molar refractivity (Wildman–Crippen MR) is 119 cm³/mol. The number of hydrogen-bond acceptors (Lipinski definition) is 3. The SMILES string of the molecule is CN(C)C(=N)CCc1ccc2c(c1)sc1cc(CCC(=N)N(C)C)ccc12. The van der Waals surface area contributed by atoms with E-state index < -0.39 is 0 Å². The van der Waals surface area contributed by atoms with Crippen molar-refractivity contribution in [3.8, 4) is 0 Å². The Hall–Kier alpha value is -2.40. The smallest absolute Gasteiger partial charge is 0.0955 e. The zero-order chi connectivity index (χ0) is 19.6. The minimum atomic E-state index is 0.666. The molecule has 27 heavy (non-hydrogen) atoms. The van der Waals surface area contributed by atoms with E-state index in [4.69, 9.17) is 10.8 Å². The van der Waals surface area contributed by atoms with Crippen molar-refractivity contribution < 1.29 is 0 Å². The number of aryl methyl sites for hydroxylation is 2. The summed E-state index contributed by atoms with van der Waals surface area (Å²) in [5.41, 5.74) is 2.58. The summed E-state index contributed by atoms with van der Waals surface area (Å²) in [5.74, 6) is 1.33. The Kier molecular flexibility index (Phi) is 5.80. The fourth-order valence-corrected chi connectivity index (χ4v) is 4.38. The number of benzene rings is 2.